The van der Waals surface area contributed by atoms with Crippen LogP contribution in [-0.4, -0.2) is 41.6 Å². The minimum absolute atomic E-state index is 0.155. The van der Waals surface area contributed by atoms with E-state index in [4.69, 9.17) is 11.6 Å². The maximum atomic E-state index is 13.2. The number of benzene rings is 2. The lowest BCUT2D eigenvalue weighted by atomic mass is 10.1. The van der Waals surface area contributed by atoms with Crippen LogP contribution in [0, 0.1) is 6.92 Å². The SMILES string of the molecule is Cc1ccc(Cl)cc1N1CCN(C(=O)c2cn3c4c(cccc4c2=O)CC3)CC1. The largest absolute Gasteiger partial charge is 0.368 e. The Bertz CT molecular complexity index is 1190. The minimum atomic E-state index is -0.166. The van der Waals surface area contributed by atoms with Crippen LogP contribution < -0.4 is 10.3 Å². The molecule has 0 radical (unpaired) electrons. The smallest absolute Gasteiger partial charge is 0.259 e. The Kier molecular flexibility index (Phi) is 4.36. The van der Waals surface area contributed by atoms with Crippen LogP contribution in [0.4, 0.5) is 5.69 Å². The Hall–Kier alpha value is -2.79. The number of amides is 1. The number of pyridine rings is 1. The number of halogens is 1. The summed E-state index contributed by atoms with van der Waals surface area (Å²) >= 11 is 6.16. The van der Waals surface area contributed by atoms with Gasteiger partial charge in [-0.15, -0.1) is 0 Å². The predicted octanol–water partition coefficient (Wildman–Crippen LogP) is 3.48. The van der Waals surface area contributed by atoms with E-state index in [1.54, 1.807) is 11.1 Å². The Morgan fingerprint density at radius 2 is 1.83 bits per heavy atom. The zero-order chi connectivity index (χ0) is 20.1. The zero-order valence-corrected chi connectivity index (χ0v) is 17.1. The van der Waals surface area contributed by atoms with Crippen LogP contribution in [0.1, 0.15) is 21.5 Å². The molecule has 3 heterocycles. The molecule has 2 aliphatic heterocycles. The lowest BCUT2D eigenvalue weighted by Gasteiger charge is -2.36. The van der Waals surface area contributed by atoms with E-state index in [1.165, 1.54) is 11.1 Å². The average molecular weight is 408 g/mol. The van der Waals surface area contributed by atoms with Gasteiger partial charge in [0.25, 0.3) is 5.91 Å². The van der Waals surface area contributed by atoms with Gasteiger partial charge in [-0.2, -0.15) is 0 Å². The van der Waals surface area contributed by atoms with Gasteiger partial charge in [-0.3, -0.25) is 9.59 Å². The van der Waals surface area contributed by atoms with E-state index in [9.17, 15) is 9.59 Å². The Morgan fingerprint density at radius 3 is 2.62 bits per heavy atom. The topological polar surface area (TPSA) is 45.5 Å². The van der Waals surface area contributed by atoms with Crippen LogP contribution >= 0.6 is 11.6 Å². The summed E-state index contributed by atoms with van der Waals surface area (Å²) in [5, 5.41) is 1.37. The minimum Gasteiger partial charge on any atom is -0.368 e. The number of hydrogen-bond donors (Lipinski definition) is 0. The third kappa shape index (κ3) is 3.01. The van der Waals surface area contributed by atoms with Crippen molar-refractivity contribution in [3.8, 4) is 0 Å². The second kappa shape index (κ2) is 6.92. The molecule has 29 heavy (non-hydrogen) atoms. The van der Waals surface area contributed by atoms with E-state index in [0.29, 0.717) is 23.5 Å². The van der Waals surface area contributed by atoms with Crippen LogP contribution in [0.5, 0.6) is 0 Å². The molecule has 0 spiro atoms. The number of nitrogens with zero attached hydrogens (tertiary/aromatic N) is 3. The molecule has 1 amide bonds. The normalized spacial score (nSPS) is 15.9. The summed E-state index contributed by atoms with van der Waals surface area (Å²) in [6.07, 6.45) is 2.67. The summed E-state index contributed by atoms with van der Waals surface area (Å²) in [6.45, 7) is 5.50. The first kappa shape index (κ1) is 18.3. The van der Waals surface area contributed by atoms with Gasteiger partial charge in [-0.1, -0.05) is 29.8 Å². The highest BCUT2D eigenvalue weighted by atomic mass is 35.5. The first-order valence-electron chi connectivity index (χ1n) is 9.98. The fourth-order valence-corrected chi connectivity index (χ4v) is 4.72. The van der Waals surface area contributed by atoms with Crippen LogP contribution in [0.25, 0.3) is 10.9 Å². The first-order valence-corrected chi connectivity index (χ1v) is 10.4. The number of aryl methyl sites for hydroxylation is 3. The second-order valence-electron chi connectivity index (χ2n) is 7.84. The maximum absolute atomic E-state index is 13.2. The third-order valence-corrected chi connectivity index (χ3v) is 6.35. The van der Waals surface area contributed by atoms with E-state index >= 15 is 0 Å². The van der Waals surface area contributed by atoms with Crippen molar-refractivity contribution in [3.05, 3.63) is 74.5 Å². The molecule has 3 aromatic rings. The first-order chi connectivity index (χ1) is 14.0. The molecular weight excluding hydrogens is 386 g/mol. The zero-order valence-electron chi connectivity index (χ0n) is 16.3. The van der Waals surface area contributed by atoms with Gasteiger partial charge in [0, 0.05) is 55.0 Å². The molecule has 0 unspecified atom stereocenters. The highest BCUT2D eigenvalue weighted by Gasteiger charge is 2.27. The molecule has 5 rings (SSSR count). The number of carbonyl (C=O) groups is 1. The van der Waals surface area contributed by atoms with Crippen molar-refractivity contribution in [2.24, 2.45) is 0 Å². The summed E-state index contributed by atoms with van der Waals surface area (Å²) < 4.78 is 2.06. The van der Waals surface area contributed by atoms with Crippen molar-refractivity contribution < 1.29 is 4.79 Å². The maximum Gasteiger partial charge on any atom is 0.259 e. The Labute approximate surface area is 174 Å². The van der Waals surface area contributed by atoms with Gasteiger partial charge in [-0.05, 0) is 42.7 Å². The van der Waals surface area contributed by atoms with Crippen LogP contribution in [-0.2, 0) is 13.0 Å². The number of aromatic nitrogens is 1. The van der Waals surface area contributed by atoms with Crippen LogP contribution in [0.3, 0.4) is 0 Å². The molecule has 0 saturated carbocycles. The standard InChI is InChI=1S/C23H22ClN3O2/c1-15-5-6-17(24)13-20(15)25-9-11-26(12-10-25)23(29)19-14-27-8-7-16-3-2-4-18(21(16)27)22(19)28/h2-6,13-14H,7-12H2,1H3. The lowest BCUT2D eigenvalue weighted by Crippen LogP contribution is -2.49. The molecule has 5 nitrogen and oxygen atoms in total. The highest BCUT2D eigenvalue weighted by Crippen LogP contribution is 2.26. The highest BCUT2D eigenvalue weighted by molar-refractivity contribution is 6.30. The van der Waals surface area contributed by atoms with Crippen molar-refractivity contribution in [1.29, 1.82) is 0 Å². The molecule has 148 valence electrons. The lowest BCUT2D eigenvalue weighted by molar-refractivity contribution is 0.0745. The summed E-state index contributed by atoms with van der Waals surface area (Å²) in [6, 6.07) is 11.7. The number of rotatable bonds is 2. The van der Waals surface area contributed by atoms with Crippen molar-refractivity contribution in [3.63, 3.8) is 0 Å². The summed E-state index contributed by atoms with van der Waals surface area (Å²) in [4.78, 5) is 30.3. The Balaban J connectivity index is 1.40. The van der Waals surface area contributed by atoms with Crippen molar-refractivity contribution in [2.45, 2.75) is 19.9 Å². The molecule has 1 saturated heterocycles. The number of para-hydroxylation sites is 1. The van der Waals surface area contributed by atoms with Gasteiger partial charge in [0.2, 0.25) is 5.43 Å². The third-order valence-electron chi connectivity index (χ3n) is 6.11. The van der Waals surface area contributed by atoms with E-state index in [1.807, 2.05) is 30.3 Å². The number of anilines is 1. The molecule has 0 atom stereocenters. The van der Waals surface area contributed by atoms with Gasteiger partial charge in [0.05, 0.1) is 5.52 Å². The molecule has 1 aromatic heterocycles. The molecule has 2 aromatic carbocycles. The number of carbonyl (C=O) groups excluding carboxylic acids is 1. The molecule has 2 aliphatic rings. The fourth-order valence-electron chi connectivity index (χ4n) is 4.55. The van der Waals surface area contributed by atoms with E-state index < -0.39 is 0 Å². The monoisotopic (exact) mass is 407 g/mol. The Morgan fingerprint density at radius 1 is 1.03 bits per heavy atom. The predicted molar refractivity (Wildman–Crippen MR) is 116 cm³/mol. The second-order valence-corrected chi connectivity index (χ2v) is 8.28. The summed E-state index contributed by atoms with van der Waals surface area (Å²) in [5.74, 6) is -0.166. The van der Waals surface area contributed by atoms with Gasteiger partial charge < -0.3 is 14.4 Å². The van der Waals surface area contributed by atoms with Gasteiger partial charge in [0.15, 0.2) is 0 Å². The van der Waals surface area contributed by atoms with E-state index in [2.05, 4.69) is 22.5 Å². The number of hydrogen-bond acceptors (Lipinski definition) is 3. The van der Waals surface area contributed by atoms with Gasteiger partial charge in [0.1, 0.15) is 5.56 Å². The molecule has 0 N–H and O–H groups in total. The molecule has 1 fully saturated rings. The van der Waals surface area contributed by atoms with E-state index in [0.717, 1.165) is 37.3 Å². The summed E-state index contributed by atoms with van der Waals surface area (Å²) in [5.41, 5.74) is 4.57. The molecule has 0 aliphatic carbocycles. The molecule has 0 bridgehead atoms. The van der Waals surface area contributed by atoms with Crippen LogP contribution in [0.2, 0.25) is 5.02 Å². The van der Waals surface area contributed by atoms with Crippen molar-refractivity contribution >= 4 is 34.1 Å². The average Bonchev–Trinajstić information content (AvgIpc) is 3.16. The fraction of sp³-hybridized carbons (Fsp3) is 0.304. The quantitative estimate of drug-likeness (QED) is 0.653. The van der Waals surface area contributed by atoms with Gasteiger partial charge >= 0.3 is 0 Å². The van der Waals surface area contributed by atoms with E-state index in [-0.39, 0.29) is 16.9 Å². The van der Waals surface area contributed by atoms with Crippen molar-refractivity contribution in [2.75, 3.05) is 31.1 Å². The molecular formula is C23H22ClN3O2. The number of piperazine rings is 1. The van der Waals surface area contributed by atoms with Crippen LogP contribution in [0.15, 0.2) is 47.4 Å². The van der Waals surface area contributed by atoms with Crippen molar-refractivity contribution in [1.82, 2.24) is 9.47 Å². The van der Waals surface area contributed by atoms with Gasteiger partial charge in [-0.25, -0.2) is 0 Å². The molecule has 6 heteroatoms. The summed E-state index contributed by atoms with van der Waals surface area (Å²) in [7, 11) is 0.